The number of benzene rings is 1. The zero-order valence-electron chi connectivity index (χ0n) is 9.04. The smallest absolute Gasteiger partial charge is 0.267 e. The molecule has 0 fully saturated rings. The van der Waals surface area contributed by atoms with E-state index in [0.29, 0.717) is 5.56 Å². The molecule has 0 aromatic heterocycles. The lowest BCUT2D eigenvalue weighted by Gasteiger charge is -2.16. The Morgan fingerprint density at radius 3 is 2.47 bits per heavy atom. The van der Waals surface area contributed by atoms with E-state index in [1.165, 1.54) is 0 Å². The fourth-order valence-corrected chi connectivity index (χ4v) is 2.04. The summed E-state index contributed by atoms with van der Waals surface area (Å²) >= 11 is 0. The molecular weight excluding hydrogens is 242 g/mol. The second-order valence-electron chi connectivity index (χ2n) is 3.42. The van der Waals surface area contributed by atoms with Crippen molar-refractivity contribution in [2.45, 2.75) is 6.04 Å². The molecule has 2 N–H and O–H groups in total. The van der Waals surface area contributed by atoms with Gasteiger partial charge in [-0.25, -0.2) is 0 Å². The fraction of sp³-hybridized carbons (Fsp3) is 0.182. The molecule has 1 aromatic carbocycles. The maximum Gasteiger partial charge on any atom is 0.267 e. The summed E-state index contributed by atoms with van der Waals surface area (Å²) in [5, 5.41) is 2.44. The molecule has 17 heavy (non-hydrogen) atoms. The van der Waals surface area contributed by atoms with E-state index in [0.717, 1.165) is 6.08 Å². The summed E-state index contributed by atoms with van der Waals surface area (Å²) in [6.45, 7) is 3.28. The second-order valence-corrected chi connectivity index (χ2v) is 4.92. The van der Waals surface area contributed by atoms with Gasteiger partial charge in [-0.05, 0) is 11.6 Å². The van der Waals surface area contributed by atoms with Crippen LogP contribution in [0.2, 0.25) is 0 Å². The van der Waals surface area contributed by atoms with Crippen LogP contribution in [-0.4, -0.2) is 24.6 Å². The molecule has 0 radical (unpaired) electrons. The summed E-state index contributed by atoms with van der Waals surface area (Å²) in [6, 6.07) is 7.73. The minimum atomic E-state index is -4.17. The van der Waals surface area contributed by atoms with E-state index in [4.69, 9.17) is 4.55 Å². The molecule has 0 saturated carbocycles. The van der Waals surface area contributed by atoms with E-state index in [1.54, 1.807) is 30.3 Å². The number of carbonyl (C=O) groups is 1. The maximum atomic E-state index is 11.2. The van der Waals surface area contributed by atoms with E-state index < -0.39 is 27.8 Å². The molecule has 0 heterocycles. The first-order chi connectivity index (χ1) is 7.92. The Morgan fingerprint density at radius 2 is 2.00 bits per heavy atom. The first kappa shape index (κ1) is 13.4. The zero-order valence-corrected chi connectivity index (χ0v) is 9.85. The normalized spacial score (nSPS) is 12.8. The molecular formula is C11H13NO4S. The van der Waals surface area contributed by atoms with Crippen LogP contribution < -0.4 is 5.32 Å². The highest BCUT2D eigenvalue weighted by molar-refractivity contribution is 7.85. The van der Waals surface area contributed by atoms with Crippen molar-refractivity contribution in [2.75, 3.05) is 5.75 Å². The van der Waals surface area contributed by atoms with Gasteiger partial charge in [0.15, 0.2) is 0 Å². The van der Waals surface area contributed by atoms with Crippen LogP contribution in [0, 0.1) is 0 Å². The SMILES string of the molecule is C=CC(=O)N[C@@H](CS(=O)(=O)O)c1ccccc1. The molecule has 6 heteroatoms. The lowest BCUT2D eigenvalue weighted by molar-refractivity contribution is -0.117. The van der Waals surface area contributed by atoms with Crippen molar-refractivity contribution in [3.8, 4) is 0 Å². The van der Waals surface area contributed by atoms with Crippen LogP contribution in [0.1, 0.15) is 11.6 Å². The monoisotopic (exact) mass is 255 g/mol. The minimum Gasteiger partial charge on any atom is -0.345 e. The average Bonchev–Trinajstić information content (AvgIpc) is 2.27. The third-order valence-electron chi connectivity index (χ3n) is 2.08. The van der Waals surface area contributed by atoms with Crippen molar-refractivity contribution >= 4 is 16.0 Å². The second kappa shape index (κ2) is 5.60. The third-order valence-corrected chi connectivity index (χ3v) is 2.84. The predicted molar refractivity (Wildman–Crippen MR) is 63.9 cm³/mol. The van der Waals surface area contributed by atoms with Crippen LogP contribution in [0.3, 0.4) is 0 Å². The van der Waals surface area contributed by atoms with Gasteiger partial charge in [-0.1, -0.05) is 36.9 Å². The Bertz CT molecular complexity index is 495. The molecule has 0 saturated heterocycles. The lowest BCUT2D eigenvalue weighted by Crippen LogP contribution is -2.31. The van der Waals surface area contributed by atoms with Crippen LogP contribution in [0.25, 0.3) is 0 Å². The molecule has 5 nitrogen and oxygen atoms in total. The molecule has 1 atom stereocenters. The van der Waals surface area contributed by atoms with Gasteiger partial charge in [-0.2, -0.15) is 8.42 Å². The van der Waals surface area contributed by atoms with Crippen LogP contribution in [0.4, 0.5) is 0 Å². The van der Waals surface area contributed by atoms with Gasteiger partial charge in [0.1, 0.15) is 0 Å². The topological polar surface area (TPSA) is 83.5 Å². The predicted octanol–water partition coefficient (Wildman–Crippen LogP) is 0.918. The maximum absolute atomic E-state index is 11.2. The quantitative estimate of drug-likeness (QED) is 0.605. The van der Waals surface area contributed by atoms with Gasteiger partial charge < -0.3 is 5.32 Å². The Balaban J connectivity index is 2.94. The van der Waals surface area contributed by atoms with Crippen molar-refractivity contribution in [3.05, 3.63) is 48.6 Å². The molecule has 1 amide bonds. The van der Waals surface area contributed by atoms with Crippen LogP contribution >= 0.6 is 0 Å². The van der Waals surface area contributed by atoms with Gasteiger partial charge in [0.25, 0.3) is 10.1 Å². The van der Waals surface area contributed by atoms with Gasteiger partial charge in [-0.15, -0.1) is 0 Å². The third kappa shape index (κ3) is 4.80. The Hall–Kier alpha value is -1.66. The average molecular weight is 255 g/mol. The van der Waals surface area contributed by atoms with E-state index in [-0.39, 0.29) is 0 Å². The van der Waals surface area contributed by atoms with Crippen molar-refractivity contribution in [1.82, 2.24) is 5.32 Å². The summed E-state index contributed by atoms with van der Waals surface area (Å²) in [7, 11) is -4.17. The van der Waals surface area contributed by atoms with Crippen molar-refractivity contribution in [2.24, 2.45) is 0 Å². The highest BCUT2D eigenvalue weighted by Gasteiger charge is 2.19. The van der Waals surface area contributed by atoms with Crippen molar-refractivity contribution < 1.29 is 17.8 Å². The Labute approximate surface area is 99.9 Å². The van der Waals surface area contributed by atoms with Crippen molar-refractivity contribution in [1.29, 1.82) is 0 Å². The molecule has 0 spiro atoms. The number of hydrogen-bond acceptors (Lipinski definition) is 3. The largest absolute Gasteiger partial charge is 0.345 e. The van der Waals surface area contributed by atoms with Gasteiger partial charge >= 0.3 is 0 Å². The van der Waals surface area contributed by atoms with E-state index in [9.17, 15) is 13.2 Å². The van der Waals surface area contributed by atoms with E-state index >= 15 is 0 Å². The number of amides is 1. The van der Waals surface area contributed by atoms with Gasteiger partial charge in [-0.3, -0.25) is 9.35 Å². The number of carbonyl (C=O) groups excluding carboxylic acids is 1. The number of nitrogens with one attached hydrogen (secondary N) is 1. The molecule has 0 aliphatic carbocycles. The van der Waals surface area contributed by atoms with Gasteiger partial charge in [0, 0.05) is 0 Å². The van der Waals surface area contributed by atoms with E-state index in [1.807, 2.05) is 0 Å². The zero-order chi connectivity index (χ0) is 12.9. The first-order valence-corrected chi connectivity index (χ1v) is 6.46. The molecule has 1 aromatic rings. The highest BCUT2D eigenvalue weighted by atomic mass is 32.2. The molecule has 0 aliphatic heterocycles. The number of hydrogen-bond donors (Lipinski definition) is 2. The first-order valence-electron chi connectivity index (χ1n) is 4.85. The summed E-state index contributed by atoms with van der Waals surface area (Å²) < 4.78 is 30.6. The summed E-state index contributed by atoms with van der Waals surface area (Å²) in [5.41, 5.74) is 0.598. The van der Waals surface area contributed by atoms with Gasteiger partial charge in [0.2, 0.25) is 5.91 Å². The van der Waals surface area contributed by atoms with Crippen LogP contribution in [-0.2, 0) is 14.9 Å². The number of rotatable bonds is 5. The molecule has 0 aliphatic rings. The Kier molecular flexibility index (Phi) is 4.42. The molecule has 92 valence electrons. The highest BCUT2D eigenvalue weighted by Crippen LogP contribution is 2.14. The van der Waals surface area contributed by atoms with Crippen molar-refractivity contribution in [3.63, 3.8) is 0 Å². The fourth-order valence-electron chi connectivity index (χ4n) is 1.35. The summed E-state index contributed by atoms with van der Waals surface area (Å²) in [6.07, 6.45) is 1.04. The lowest BCUT2D eigenvalue weighted by atomic mass is 10.1. The Morgan fingerprint density at radius 1 is 1.41 bits per heavy atom. The van der Waals surface area contributed by atoms with Gasteiger partial charge in [0.05, 0.1) is 11.8 Å². The summed E-state index contributed by atoms with van der Waals surface area (Å²) in [5.74, 6) is -1.07. The van der Waals surface area contributed by atoms with Crippen LogP contribution in [0.15, 0.2) is 43.0 Å². The minimum absolute atomic E-state index is 0.498. The van der Waals surface area contributed by atoms with Crippen LogP contribution in [0.5, 0.6) is 0 Å². The van der Waals surface area contributed by atoms with E-state index in [2.05, 4.69) is 11.9 Å². The standard InChI is InChI=1S/C11H13NO4S/c1-2-11(13)12-10(8-17(14,15)16)9-6-4-3-5-7-9/h2-7,10H,1,8H2,(H,12,13)(H,14,15,16)/t10-/m0/s1. The molecule has 1 rings (SSSR count). The summed E-state index contributed by atoms with van der Waals surface area (Å²) in [4.78, 5) is 11.2. The molecule has 0 bridgehead atoms. The molecule has 0 unspecified atom stereocenters.